The average molecular weight is 393 g/mol. The predicted octanol–water partition coefficient (Wildman–Crippen LogP) is 5.08. The molecule has 0 heterocycles. The van der Waals surface area contributed by atoms with Crippen molar-refractivity contribution in [1.82, 2.24) is 4.90 Å². The molecule has 148 valence electrons. The second-order valence-corrected chi connectivity index (χ2v) is 7.02. The van der Waals surface area contributed by atoms with E-state index in [1.807, 2.05) is 74.8 Å². The molecule has 2 aromatic carbocycles. The van der Waals surface area contributed by atoms with Gasteiger partial charge in [0.05, 0.1) is 5.41 Å². The van der Waals surface area contributed by atoms with Gasteiger partial charge in [-0.25, -0.2) is 0 Å². The van der Waals surface area contributed by atoms with Crippen LogP contribution < -0.4 is 0 Å². The molecule has 2 aromatic rings. The van der Waals surface area contributed by atoms with E-state index in [1.54, 1.807) is 0 Å². The summed E-state index contributed by atoms with van der Waals surface area (Å²) in [4.78, 5) is 14.2. The summed E-state index contributed by atoms with van der Waals surface area (Å²) < 4.78 is 29.5. The summed E-state index contributed by atoms with van der Waals surface area (Å²) in [6.07, 6.45) is -0.460. The first-order valence-electron chi connectivity index (χ1n) is 10.5. The molecule has 0 fully saturated rings. The lowest BCUT2D eigenvalue weighted by atomic mass is 9.66. The number of ether oxygens (including phenoxy) is 1. The summed E-state index contributed by atoms with van der Waals surface area (Å²) >= 11 is 0. The largest absolute Gasteiger partial charge is 0.461 e. The summed E-state index contributed by atoms with van der Waals surface area (Å²) in [6.45, 7) is 1.19. The first-order chi connectivity index (χ1) is 13.6. The zero-order valence-corrected chi connectivity index (χ0v) is 17.3. The highest BCUT2D eigenvalue weighted by atomic mass is 35.5. The molecule has 0 aromatic heterocycles. The Morgan fingerprint density at radius 1 is 1.07 bits per heavy atom. The maximum atomic E-state index is 12.1. The zero-order valence-electron chi connectivity index (χ0n) is 19.5. The second kappa shape index (κ2) is 10.5. The monoisotopic (exact) mass is 392 g/mol. The van der Waals surface area contributed by atoms with Crippen molar-refractivity contribution >= 4 is 18.4 Å². The molecule has 2 atom stereocenters. The van der Waals surface area contributed by atoms with E-state index in [1.165, 1.54) is 6.92 Å². The molecule has 0 saturated heterocycles. The van der Waals surface area contributed by atoms with Crippen molar-refractivity contribution in [2.24, 2.45) is 0 Å². The molecule has 0 spiro atoms. The molecule has 3 nitrogen and oxygen atoms in total. The Kier molecular flexibility index (Phi) is 7.19. The maximum Gasteiger partial charge on any atom is 0.302 e. The molecule has 2 rings (SSSR count). The van der Waals surface area contributed by atoms with E-state index in [2.05, 4.69) is 11.8 Å². The van der Waals surface area contributed by atoms with Crippen molar-refractivity contribution < 1.29 is 13.6 Å². The number of esters is 1. The Balaban J connectivity index is 0.00000450. The van der Waals surface area contributed by atoms with Gasteiger partial charge < -0.3 is 9.64 Å². The fourth-order valence-corrected chi connectivity index (χ4v) is 3.54. The zero-order chi connectivity index (χ0) is 21.7. The van der Waals surface area contributed by atoms with Crippen molar-refractivity contribution in [1.29, 1.82) is 0 Å². The summed E-state index contributed by atoms with van der Waals surface area (Å²) in [7, 11) is 3.99. The molecular formula is C23H32ClNO2. The summed E-state index contributed by atoms with van der Waals surface area (Å²) in [6, 6.07) is 19.7. The lowest BCUT2D eigenvalue weighted by Crippen LogP contribution is -2.47. The van der Waals surface area contributed by atoms with E-state index in [-0.39, 0.29) is 24.9 Å². The van der Waals surface area contributed by atoms with Crippen molar-refractivity contribution in [2.45, 2.75) is 51.1 Å². The lowest BCUT2D eigenvalue weighted by molar-refractivity contribution is -0.150. The van der Waals surface area contributed by atoms with Crippen LogP contribution in [0.5, 0.6) is 0 Å². The quantitative estimate of drug-likeness (QED) is 0.587. The number of hydrogen-bond donors (Lipinski definition) is 0. The minimum Gasteiger partial charge on any atom is -0.461 e. The number of carbonyl (C=O) groups is 1. The van der Waals surface area contributed by atoms with Crippen LogP contribution in [0.4, 0.5) is 0 Å². The SMILES string of the molecule is Cl.[2H]C([2H])([2H])C[C@H](OC(C)=O)C(C[C@H](C)N(C)C)(c1ccccc1)c1ccccc1. The van der Waals surface area contributed by atoms with Crippen LogP contribution in [0.1, 0.15) is 48.8 Å². The number of hydrogen-bond acceptors (Lipinski definition) is 3. The van der Waals surface area contributed by atoms with E-state index in [0.717, 1.165) is 11.1 Å². The van der Waals surface area contributed by atoms with Gasteiger partial charge >= 0.3 is 5.97 Å². The summed E-state index contributed by atoms with van der Waals surface area (Å²) in [5.74, 6) is -0.479. The molecule has 0 saturated carbocycles. The van der Waals surface area contributed by atoms with Gasteiger partial charge in [-0.1, -0.05) is 67.5 Å². The predicted molar refractivity (Wildman–Crippen MR) is 115 cm³/mol. The Labute approximate surface area is 174 Å². The van der Waals surface area contributed by atoms with Gasteiger partial charge in [-0.15, -0.1) is 12.4 Å². The number of rotatable bonds is 8. The van der Waals surface area contributed by atoms with Crippen LogP contribution in [-0.4, -0.2) is 37.1 Å². The summed E-state index contributed by atoms with van der Waals surface area (Å²) in [5.41, 5.74) is 1.08. The third-order valence-electron chi connectivity index (χ3n) is 5.12. The third kappa shape index (κ3) is 5.33. The highest BCUT2D eigenvalue weighted by Crippen LogP contribution is 2.43. The van der Waals surface area contributed by atoms with E-state index >= 15 is 0 Å². The number of halogens is 1. The van der Waals surface area contributed by atoms with Crippen LogP contribution in [0.25, 0.3) is 0 Å². The van der Waals surface area contributed by atoms with Crippen molar-refractivity contribution in [2.75, 3.05) is 14.1 Å². The van der Waals surface area contributed by atoms with Crippen LogP contribution in [0, 0.1) is 0 Å². The van der Waals surface area contributed by atoms with Crippen molar-refractivity contribution in [3.63, 3.8) is 0 Å². The molecule has 0 unspecified atom stereocenters. The fourth-order valence-electron chi connectivity index (χ4n) is 3.54. The Bertz CT molecular complexity index is 743. The molecule has 27 heavy (non-hydrogen) atoms. The molecule has 0 radical (unpaired) electrons. The van der Waals surface area contributed by atoms with Crippen LogP contribution in [0.3, 0.4) is 0 Å². The topological polar surface area (TPSA) is 29.5 Å². The Morgan fingerprint density at radius 2 is 1.56 bits per heavy atom. The van der Waals surface area contributed by atoms with Gasteiger partial charge in [-0.05, 0) is 45.0 Å². The van der Waals surface area contributed by atoms with Gasteiger partial charge in [0, 0.05) is 17.1 Å². The van der Waals surface area contributed by atoms with Crippen molar-refractivity contribution in [3.05, 3.63) is 71.8 Å². The molecular weight excluding hydrogens is 358 g/mol. The van der Waals surface area contributed by atoms with E-state index in [0.29, 0.717) is 6.42 Å². The molecule has 0 bridgehead atoms. The van der Waals surface area contributed by atoms with Gasteiger partial charge in [0.2, 0.25) is 0 Å². The minimum absolute atomic E-state index is 0. The fraction of sp³-hybridized carbons (Fsp3) is 0.435. The number of carbonyl (C=O) groups excluding carboxylic acids is 1. The Hall–Kier alpha value is -1.84. The minimum atomic E-state index is -2.24. The Morgan fingerprint density at radius 3 is 1.93 bits per heavy atom. The van der Waals surface area contributed by atoms with Crippen LogP contribution >= 0.6 is 12.4 Å². The molecule has 0 aliphatic carbocycles. The van der Waals surface area contributed by atoms with E-state index in [4.69, 9.17) is 8.85 Å². The van der Waals surface area contributed by atoms with E-state index < -0.39 is 24.3 Å². The van der Waals surface area contributed by atoms with Gasteiger partial charge in [0.1, 0.15) is 6.10 Å². The number of benzene rings is 2. The van der Waals surface area contributed by atoms with Crippen LogP contribution in [-0.2, 0) is 14.9 Å². The molecule has 0 aliphatic heterocycles. The molecule has 0 amide bonds. The first-order valence-corrected chi connectivity index (χ1v) is 9.01. The third-order valence-corrected chi connectivity index (χ3v) is 5.12. The number of nitrogens with zero attached hydrogens (tertiary/aromatic N) is 1. The average Bonchev–Trinajstić information content (AvgIpc) is 2.65. The standard InChI is InChI=1S/C23H31NO2.ClH/c1-6-22(26-19(3)25)23(17-18(2)24(4)5,20-13-9-7-10-14-20)21-15-11-8-12-16-21;/h7-16,18,22H,6,17H2,1-5H3;1H/t18-,22-;/m0./s1/i1D3;. The molecule has 0 N–H and O–H groups in total. The highest BCUT2D eigenvalue weighted by Gasteiger charge is 2.44. The normalized spacial score (nSPS) is 15.7. The van der Waals surface area contributed by atoms with Crippen LogP contribution in [0.15, 0.2) is 60.7 Å². The van der Waals surface area contributed by atoms with Crippen molar-refractivity contribution in [3.8, 4) is 0 Å². The first kappa shape index (κ1) is 18.5. The smallest absolute Gasteiger partial charge is 0.302 e. The molecule has 4 heteroatoms. The summed E-state index contributed by atoms with van der Waals surface area (Å²) in [5, 5.41) is 0. The van der Waals surface area contributed by atoms with Crippen LogP contribution in [0.2, 0.25) is 0 Å². The maximum absolute atomic E-state index is 12.1. The lowest BCUT2D eigenvalue weighted by Gasteiger charge is -2.43. The van der Waals surface area contributed by atoms with Gasteiger partial charge in [-0.2, -0.15) is 0 Å². The van der Waals surface area contributed by atoms with Gasteiger partial charge in [0.25, 0.3) is 0 Å². The van der Waals surface area contributed by atoms with Gasteiger partial charge in [0.15, 0.2) is 0 Å². The molecule has 0 aliphatic rings. The van der Waals surface area contributed by atoms with E-state index in [9.17, 15) is 4.79 Å². The van der Waals surface area contributed by atoms with Gasteiger partial charge in [-0.3, -0.25) is 4.79 Å². The second-order valence-electron chi connectivity index (χ2n) is 7.02. The highest BCUT2D eigenvalue weighted by molar-refractivity contribution is 5.85.